The minimum atomic E-state index is -0.821. The predicted octanol–water partition coefficient (Wildman–Crippen LogP) is 4.88. The second kappa shape index (κ2) is 8.33. The van der Waals surface area contributed by atoms with Crippen molar-refractivity contribution in [2.24, 2.45) is 11.5 Å². The van der Waals surface area contributed by atoms with Gasteiger partial charge in [-0.05, 0) is 48.6 Å². The molecule has 0 aromatic heterocycles. The summed E-state index contributed by atoms with van der Waals surface area (Å²) in [4.78, 5) is 2.26. The lowest BCUT2D eigenvalue weighted by Gasteiger charge is -2.30. The van der Waals surface area contributed by atoms with Gasteiger partial charge in [-0.15, -0.1) is 0 Å². The monoisotopic (exact) mass is 404 g/mol. The SMILES string of the molecule is NC1(Oc2ccccc2)C=CC(SC2=CCC(N)(Oc3ccccc3)C=C2)=CC1. The zero-order chi connectivity index (χ0) is 20.2. The van der Waals surface area contributed by atoms with Crippen molar-refractivity contribution < 1.29 is 9.47 Å². The maximum atomic E-state index is 6.37. The Kier molecular flexibility index (Phi) is 5.62. The summed E-state index contributed by atoms with van der Waals surface area (Å²) in [6.07, 6.45) is 13.3. The number of allylic oxidation sites excluding steroid dienone is 2. The standard InChI is InChI=1S/C24H24N2O2S/c25-23(27-19-7-3-1-4-8-19)15-11-21(12-16-23)29-22-13-17-24(26,18-14-22)28-20-9-5-2-6-10-20/h1-15,17H,16,18,25-26H2. The smallest absolute Gasteiger partial charge is 0.181 e. The summed E-state index contributed by atoms with van der Waals surface area (Å²) in [6, 6.07) is 19.3. The van der Waals surface area contributed by atoms with E-state index in [-0.39, 0.29) is 0 Å². The van der Waals surface area contributed by atoms with Crippen molar-refractivity contribution in [2.45, 2.75) is 24.3 Å². The highest BCUT2D eigenvalue weighted by Gasteiger charge is 2.28. The van der Waals surface area contributed by atoms with E-state index < -0.39 is 11.4 Å². The van der Waals surface area contributed by atoms with Crippen molar-refractivity contribution in [3.8, 4) is 11.5 Å². The second-order valence-electron chi connectivity index (χ2n) is 7.13. The molecule has 0 radical (unpaired) electrons. The Hall–Kier alpha value is -2.73. The van der Waals surface area contributed by atoms with Crippen molar-refractivity contribution in [3.63, 3.8) is 0 Å². The summed E-state index contributed by atoms with van der Waals surface area (Å²) in [7, 11) is 0. The molecule has 5 heteroatoms. The summed E-state index contributed by atoms with van der Waals surface area (Å²) < 4.78 is 11.9. The molecule has 0 spiro atoms. The van der Waals surface area contributed by atoms with Crippen molar-refractivity contribution in [2.75, 3.05) is 0 Å². The van der Waals surface area contributed by atoms with E-state index in [1.807, 2.05) is 85.0 Å². The second-order valence-corrected chi connectivity index (χ2v) is 8.28. The van der Waals surface area contributed by atoms with Crippen LogP contribution in [0.4, 0.5) is 0 Å². The summed E-state index contributed by atoms with van der Waals surface area (Å²) in [5, 5.41) is 0. The highest BCUT2D eigenvalue weighted by Crippen LogP contribution is 2.36. The minimum absolute atomic E-state index is 0.607. The van der Waals surface area contributed by atoms with Crippen LogP contribution in [0, 0.1) is 0 Å². The lowest BCUT2D eigenvalue weighted by Crippen LogP contribution is -2.44. The van der Waals surface area contributed by atoms with Crippen LogP contribution in [0.5, 0.6) is 11.5 Å². The maximum Gasteiger partial charge on any atom is 0.181 e. The maximum absolute atomic E-state index is 6.37. The van der Waals surface area contributed by atoms with E-state index in [0.29, 0.717) is 12.8 Å². The van der Waals surface area contributed by atoms with Crippen LogP contribution in [0.1, 0.15) is 12.8 Å². The van der Waals surface area contributed by atoms with Gasteiger partial charge in [0.2, 0.25) is 0 Å². The quantitative estimate of drug-likeness (QED) is 0.672. The summed E-state index contributed by atoms with van der Waals surface area (Å²) in [6.45, 7) is 0. The van der Waals surface area contributed by atoms with E-state index in [9.17, 15) is 0 Å². The molecule has 0 saturated carbocycles. The van der Waals surface area contributed by atoms with Crippen LogP contribution >= 0.6 is 11.8 Å². The molecule has 2 atom stereocenters. The molecule has 29 heavy (non-hydrogen) atoms. The van der Waals surface area contributed by atoms with Gasteiger partial charge in [0.1, 0.15) is 11.5 Å². The van der Waals surface area contributed by atoms with Gasteiger partial charge in [-0.3, -0.25) is 11.5 Å². The fourth-order valence-corrected chi connectivity index (χ4v) is 3.97. The van der Waals surface area contributed by atoms with E-state index in [0.717, 1.165) is 21.3 Å². The number of ether oxygens (including phenoxy) is 2. The van der Waals surface area contributed by atoms with Crippen molar-refractivity contribution in [1.82, 2.24) is 0 Å². The number of rotatable bonds is 6. The van der Waals surface area contributed by atoms with Gasteiger partial charge >= 0.3 is 0 Å². The first-order chi connectivity index (χ1) is 14.0. The van der Waals surface area contributed by atoms with Crippen LogP contribution in [-0.4, -0.2) is 11.4 Å². The summed E-state index contributed by atoms with van der Waals surface area (Å²) >= 11 is 1.68. The van der Waals surface area contributed by atoms with Crippen molar-refractivity contribution in [1.29, 1.82) is 0 Å². The number of thioether (sulfide) groups is 1. The fourth-order valence-electron chi connectivity index (χ4n) is 3.09. The molecule has 0 heterocycles. The Bertz CT molecular complexity index is 889. The van der Waals surface area contributed by atoms with Crippen molar-refractivity contribution >= 4 is 11.8 Å². The fraction of sp³-hybridized carbons (Fsp3) is 0.167. The molecule has 4 N–H and O–H groups in total. The number of nitrogens with two attached hydrogens (primary N) is 2. The van der Waals surface area contributed by atoms with Gasteiger partial charge in [0.05, 0.1) is 0 Å². The molecule has 2 aliphatic carbocycles. The Balaban J connectivity index is 1.33. The molecule has 2 aromatic rings. The average molecular weight is 405 g/mol. The van der Waals surface area contributed by atoms with Crippen LogP contribution < -0.4 is 20.9 Å². The van der Waals surface area contributed by atoms with E-state index in [1.54, 1.807) is 11.8 Å². The molecule has 0 aliphatic heterocycles. The molecular weight excluding hydrogens is 380 g/mol. The minimum Gasteiger partial charge on any atom is -0.469 e. The normalized spacial score (nSPS) is 25.9. The molecule has 0 bridgehead atoms. The van der Waals surface area contributed by atoms with E-state index in [2.05, 4.69) is 12.2 Å². The number of benzene rings is 2. The highest BCUT2D eigenvalue weighted by molar-refractivity contribution is 8.07. The third-order valence-electron chi connectivity index (χ3n) is 4.64. The third-order valence-corrected chi connectivity index (χ3v) is 5.72. The Morgan fingerprint density at radius 3 is 1.41 bits per heavy atom. The molecular formula is C24H24N2O2S. The molecule has 4 rings (SSSR count). The Morgan fingerprint density at radius 2 is 1.07 bits per heavy atom. The molecule has 0 amide bonds. The molecule has 2 aromatic carbocycles. The lowest BCUT2D eigenvalue weighted by atomic mass is 10.1. The molecule has 2 unspecified atom stereocenters. The predicted molar refractivity (Wildman–Crippen MR) is 119 cm³/mol. The van der Waals surface area contributed by atoms with Crippen molar-refractivity contribution in [3.05, 3.63) is 107 Å². The van der Waals surface area contributed by atoms with Crippen LogP contribution in [0.2, 0.25) is 0 Å². The number of hydrogen-bond acceptors (Lipinski definition) is 5. The van der Waals surface area contributed by atoms with Crippen LogP contribution in [0.3, 0.4) is 0 Å². The lowest BCUT2D eigenvalue weighted by molar-refractivity contribution is 0.129. The van der Waals surface area contributed by atoms with E-state index >= 15 is 0 Å². The van der Waals surface area contributed by atoms with E-state index in [1.165, 1.54) is 0 Å². The first kappa shape index (κ1) is 19.6. The van der Waals surface area contributed by atoms with E-state index in [4.69, 9.17) is 20.9 Å². The first-order valence-corrected chi connectivity index (χ1v) is 10.4. The molecule has 0 saturated heterocycles. The van der Waals surface area contributed by atoms with Gasteiger partial charge in [0.25, 0.3) is 0 Å². The van der Waals surface area contributed by atoms with Gasteiger partial charge in [0, 0.05) is 22.7 Å². The Labute approximate surface area is 175 Å². The van der Waals surface area contributed by atoms with Gasteiger partial charge in [-0.25, -0.2) is 0 Å². The van der Waals surface area contributed by atoms with Crippen LogP contribution in [-0.2, 0) is 0 Å². The number of hydrogen-bond donors (Lipinski definition) is 2. The molecule has 4 nitrogen and oxygen atoms in total. The largest absolute Gasteiger partial charge is 0.469 e. The van der Waals surface area contributed by atoms with Crippen LogP contribution in [0.25, 0.3) is 0 Å². The first-order valence-electron chi connectivity index (χ1n) is 9.55. The summed E-state index contributed by atoms with van der Waals surface area (Å²) in [5.74, 6) is 1.53. The molecule has 148 valence electrons. The summed E-state index contributed by atoms with van der Waals surface area (Å²) in [5.41, 5.74) is 11.1. The van der Waals surface area contributed by atoms with Gasteiger partial charge in [-0.1, -0.05) is 60.3 Å². The topological polar surface area (TPSA) is 70.5 Å². The highest BCUT2D eigenvalue weighted by atomic mass is 32.2. The zero-order valence-corrected chi connectivity index (χ0v) is 16.8. The molecule has 0 fully saturated rings. The van der Waals surface area contributed by atoms with Crippen LogP contribution in [0.15, 0.2) is 107 Å². The molecule has 2 aliphatic rings. The average Bonchev–Trinajstić information content (AvgIpc) is 2.73. The van der Waals surface area contributed by atoms with Gasteiger partial charge in [-0.2, -0.15) is 0 Å². The third kappa shape index (κ3) is 5.21. The number of para-hydroxylation sites is 2. The Morgan fingerprint density at radius 1 is 0.655 bits per heavy atom. The van der Waals surface area contributed by atoms with Gasteiger partial charge < -0.3 is 9.47 Å². The zero-order valence-electron chi connectivity index (χ0n) is 16.0. The van der Waals surface area contributed by atoms with Gasteiger partial charge in [0.15, 0.2) is 11.4 Å².